The van der Waals surface area contributed by atoms with Crippen LogP contribution in [-0.2, 0) is 82.1 Å². The molecule has 4 aromatic carbocycles. The van der Waals surface area contributed by atoms with Gasteiger partial charge in [0.15, 0.2) is 12.6 Å². The van der Waals surface area contributed by atoms with Crippen LogP contribution in [-0.4, -0.2) is 95.9 Å². The average molecular weight is 848 g/mol. The maximum atomic E-state index is 13.7. The molecule has 0 saturated carbocycles. The van der Waals surface area contributed by atoms with Crippen LogP contribution in [0.15, 0.2) is 120 Å². The Hall–Kier alpha value is -4.55. The number of hydrogen-bond donors (Lipinski definition) is 1. The van der Waals surface area contributed by atoms with Gasteiger partial charge in [-0.05, 0) is 35.7 Å². The minimum atomic E-state index is -4.13. The van der Waals surface area contributed by atoms with Crippen molar-refractivity contribution in [2.24, 2.45) is 0 Å². The molecule has 15 heteroatoms. The first-order chi connectivity index (χ1) is 29.0. The summed E-state index contributed by atoms with van der Waals surface area (Å²) in [5.41, 5.74) is 3.67. The van der Waals surface area contributed by atoms with Gasteiger partial charge in [-0.2, -0.15) is 0 Å². The van der Waals surface area contributed by atoms with E-state index >= 15 is 0 Å². The molecule has 0 spiro atoms. The SMILES string of the molecule is CO[C@H]1O[C@H](CO[C@H]2C[C@@H](NS(=O)(=O)c3ccc(C)cc3)[C@@H](OC(C)=O)[C@H](COC(C)=O)O2)[C@@H](OCc2ccccc2)[C@H](OCc2ccccc2)[C@H]1OCc1ccccc1. The van der Waals surface area contributed by atoms with E-state index in [-0.39, 0.29) is 44.4 Å². The Labute approximate surface area is 351 Å². The first-order valence-electron chi connectivity index (χ1n) is 19.8. The molecular formula is C45H53NO13S. The van der Waals surface area contributed by atoms with E-state index < -0.39 is 77.2 Å². The second-order valence-corrected chi connectivity index (χ2v) is 16.4. The largest absolute Gasteiger partial charge is 0.463 e. The first kappa shape index (κ1) is 45.0. The number of sulfonamides is 1. The molecule has 0 aliphatic carbocycles. The van der Waals surface area contributed by atoms with Crippen molar-refractivity contribution < 1.29 is 60.6 Å². The molecule has 9 atom stereocenters. The lowest BCUT2D eigenvalue weighted by Crippen LogP contribution is -2.62. The minimum absolute atomic E-state index is 0.0142. The third-order valence-corrected chi connectivity index (χ3v) is 11.6. The molecule has 2 aliphatic rings. The molecule has 0 radical (unpaired) electrons. The van der Waals surface area contributed by atoms with Gasteiger partial charge in [-0.3, -0.25) is 9.59 Å². The monoisotopic (exact) mass is 847 g/mol. The highest BCUT2D eigenvalue weighted by atomic mass is 32.2. The molecular weight excluding hydrogens is 795 g/mol. The van der Waals surface area contributed by atoms with Gasteiger partial charge in [-0.25, -0.2) is 13.1 Å². The van der Waals surface area contributed by atoms with Crippen LogP contribution in [0.4, 0.5) is 0 Å². The van der Waals surface area contributed by atoms with E-state index in [0.29, 0.717) is 0 Å². The molecule has 14 nitrogen and oxygen atoms in total. The molecule has 2 heterocycles. The standard InChI is InChI=1S/C45H53NO13S/c1-30-20-22-36(23-21-30)60(49,50)46-37-24-40(58-38(28-52-31(2)47)41(37)57-32(3)48)53-29-39-42(54-25-33-14-8-5-9-15-33)43(55-26-34-16-10-6-11-17-34)44(45(51-4)59-39)56-27-35-18-12-7-13-19-35/h5-23,37-46H,24-29H2,1-4H3/t37-,38+,39-,40-,41-,42-,43+,44-,45+/m1/s1. The highest BCUT2D eigenvalue weighted by Gasteiger charge is 2.50. The van der Waals surface area contributed by atoms with Gasteiger partial charge in [0.2, 0.25) is 10.0 Å². The Morgan fingerprint density at radius 1 is 0.633 bits per heavy atom. The predicted octanol–water partition coefficient (Wildman–Crippen LogP) is 5.40. The first-order valence-corrected chi connectivity index (χ1v) is 21.3. The smallest absolute Gasteiger partial charge is 0.303 e. The fourth-order valence-electron chi connectivity index (χ4n) is 7.09. The van der Waals surface area contributed by atoms with Crippen molar-refractivity contribution in [3.05, 3.63) is 138 Å². The fourth-order valence-corrected chi connectivity index (χ4v) is 8.35. The van der Waals surface area contributed by atoms with E-state index in [9.17, 15) is 18.0 Å². The highest BCUT2D eigenvalue weighted by molar-refractivity contribution is 7.89. The minimum Gasteiger partial charge on any atom is -0.463 e. The number of methoxy groups -OCH3 is 1. The maximum absolute atomic E-state index is 13.7. The van der Waals surface area contributed by atoms with Crippen molar-refractivity contribution >= 4 is 22.0 Å². The lowest BCUT2D eigenvalue weighted by atomic mass is 9.97. The van der Waals surface area contributed by atoms with Gasteiger partial charge in [-0.1, -0.05) is 109 Å². The normalized spacial score (nSPS) is 25.6. The van der Waals surface area contributed by atoms with Gasteiger partial charge < -0.3 is 42.6 Å². The van der Waals surface area contributed by atoms with Gasteiger partial charge >= 0.3 is 11.9 Å². The Balaban J connectivity index is 1.28. The topological polar surface area (TPSA) is 163 Å². The molecule has 4 aromatic rings. The lowest BCUT2D eigenvalue weighted by Gasteiger charge is -2.46. The third-order valence-electron chi connectivity index (χ3n) is 10.1. The number of carbonyl (C=O) groups excluding carboxylic acids is 2. The van der Waals surface area contributed by atoms with Gasteiger partial charge in [0.25, 0.3) is 0 Å². The third kappa shape index (κ3) is 12.7. The Morgan fingerprint density at radius 2 is 1.15 bits per heavy atom. The van der Waals surface area contributed by atoms with E-state index in [0.717, 1.165) is 22.3 Å². The summed E-state index contributed by atoms with van der Waals surface area (Å²) in [6.45, 7) is 4.47. The summed E-state index contributed by atoms with van der Waals surface area (Å²) in [7, 11) is -2.61. The summed E-state index contributed by atoms with van der Waals surface area (Å²) in [5, 5.41) is 0. The van der Waals surface area contributed by atoms with E-state index in [1.807, 2.05) is 97.9 Å². The van der Waals surface area contributed by atoms with Crippen molar-refractivity contribution in [2.45, 2.75) is 107 Å². The summed E-state index contributed by atoms with van der Waals surface area (Å²) in [6, 6.07) is 34.4. The molecule has 0 amide bonds. The van der Waals surface area contributed by atoms with E-state index in [1.54, 1.807) is 12.1 Å². The molecule has 322 valence electrons. The number of nitrogens with one attached hydrogen (secondary N) is 1. The number of hydrogen-bond acceptors (Lipinski definition) is 13. The number of carbonyl (C=O) groups is 2. The van der Waals surface area contributed by atoms with Gasteiger partial charge in [0.05, 0.1) is 37.4 Å². The lowest BCUT2D eigenvalue weighted by molar-refractivity contribution is -0.331. The zero-order valence-electron chi connectivity index (χ0n) is 34.1. The van der Waals surface area contributed by atoms with Crippen molar-refractivity contribution in [3.8, 4) is 0 Å². The van der Waals surface area contributed by atoms with Gasteiger partial charge in [-0.15, -0.1) is 0 Å². The van der Waals surface area contributed by atoms with Crippen LogP contribution in [0.1, 0.15) is 42.5 Å². The van der Waals surface area contributed by atoms with Gasteiger partial charge in [0, 0.05) is 27.4 Å². The molecule has 6 rings (SSSR count). The van der Waals surface area contributed by atoms with Crippen LogP contribution >= 0.6 is 0 Å². The fraction of sp³-hybridized carbons (Fsp3) is 0.422. The molecule has 0 unspecified atom stereocenters. The molecule has 2 saturated heterocycles. The van der Waals surface area contributed by atoms with Crippen molar-refractivity contribution in [3.63, 3.8) is 0 Å². The summed E-state index contributed by atoms with van der Waals surface area (Å²) in [4.78, 5) is 24.3. The summed E-state index contributed by atoms with van der Waals surface area (Å²) in [5.74, 6) is -1.29. The summed E-state index contributed by atoms with van der Waals surface area (Å²) < 4.78 is 86.1. The molecule has 60 heavy (non-hydrogen) atoms. The van der Waals surface area contributed by atoms with Gasteiger partial charge in [0.1, 0.15) is 43.2 Å². The highest BCUT2D eigenvalue weighted by Crippen LogP contribution is 2.33. The van der Waals surface area contributed by atoms with Crippen LogP contribution in [0.5, 0.6) is 0 Å². The van der Waals surface area contributed by atoms with E-state index in [1.165, 1.54) is 33.1 Å². The van der Waals surface area contributed by atoms with Crippen LogP contribution in [0.3, 0.4) is 0 Å². The molecule has 0 aromatic heterocycles. The van der Waals surface area contributed by atoms with E-state index in [4.69, 9.17) is 42.6 Å². The number of ether oxygens (including phenoxy) is 9. The number of benzene rings is 4. The summed E-state index contributed by atoms with van der Waals surface area (Å²) in [6.07, 6.45) is -7.51. The molecule has 1 N–H and O–H groups in total. The maximum Gasteiger partial charge on any atom is 0.303 e. The average Bonchev–Trinajstić information content (AvgIpc) is 3.24. The predicted molar refractivity (Wildman–Crippen MR) is 217 cm³/mol. The zero-order chi connectivity index (χ0) is 42.5. The second kappa shape index (κ2) is 21.8. The Bertz CT molecular complexity index is 2040. The van der Waals surface area contributed by atoms with Crippen LogP contribution in [0, 0.1) is 6.92 Å². The van der Waals surface area contributed by atoms with Crippen LogP contribution in [0.2, 0.25) is 0 Å². The van der Waals surface area contributed by atoms with Crippen molar-refractivity contribution in [1.82, 2.24) is 4.72 Å². The van der Waals surface area contributed by atoms with Crippen LogP contribution < -0.4 is 4.72 Å². The quantitative estimate of drug-likeness (QED) is 0.120. The zero-order valence-corrected chi connectivity index (χ0v) is 34.9. The number of aryl methyl sites for hydroxylation is 1. The molecule has 2 aliphatic heterocycles. The molecule has 0 bridgehead atoms. The van der Waals surface area contributed by atoms with Crippen LogP contribution in [0.25, 0.3) is 0 Å². The molecule has 2 fully saturated rings. The Morgan fingerprint density at radius 3 is 1.67 bits per heavy atom. The van der Waals surface area contributed by atoms with Crippen molar-refractivity contribution in [2.75, 3.05) is 20.3 Å². The number of rotatable bonds is 19. The van der Waals surface area contributed by atoms with E-state index in [2.05, 4.69) is 4.72 Å². The van der Waals surface area contributed by atoms with Crippen molar-refractivity contribution in [1.29, 1.82) is 0 Å². The summed E-state index contributed by atoms with van der Waals surface area (Å²) >= 11 is 0. The second-order valence-electron chi connectivity index (χ2n) is 14.7. The Kier molecular flexibility index (Phi) is 16.4. The number of esters is 2.